The van der Waals surface area contributed by atoms with Crippen LogP contribution in [0.4, 0.5) is 0 Å². The molecule has 2 heterocycles. The molecule has 0 saturated heterocycles. The van der Waals surface area contributed by atoms with E-state index in [1.54, 1.807) is 37.4 Å². The molecule has 9 heteroatoms. The van der Waals surface area contributed by atoms with E-state index >= 15 is 0 Å². The largest absolute Gasteiger partial charge is 0.459 e. The molecule has 0 bridgehead atoms. The van der Waals surface area contributed by atoms with Crippen LogP contribution < -0.4 is 5.76 Å². The lowest BCUT2D eigenvalue weighted by Crippen LogP contribution is -2.33. The molecule has 2 aromatic heterocycles. The fourth-order valence-electron chi connectivity index (χ4n) is 2.15. The number of nitrogens with zero attached hydrogens (tertiary/aromatic N) is 3. The van der Waals surface area contributed by atoms with Gasteiger partial charge in [0.25, 0.3) is 5.89 Å². The molecule has 3 aromatic rings. The van der Waals surface area contributed by atoms with Crippen molar-refractivity contribution in [2.45, 2.75) is 13.1 Å². The van der Waals surface area contributed by atoms with Crippen LogP contribution in [0.5, 0.6) is 0 Å². The first kappa shape index (κ1) is 17.3. The monoisotopic (exact) mass is 381 g/mol. The summed E-state index contributed by atoms with van der Waals surface area (Å²) in [4.78, 5) is 25.6. The first-order chi connectivity index (χ1) is 11.9. The van der Waals surface area contributed by atoms with Crippen molar-refractivity contribution in [2.24, 2.45) is 0 Å². The molecular weight excluding hydrogens is 369 g/mol. The van der Waals surface area contributed by atoms with Crippen molar-refractivity contribution < 1.29 is 13.6 Å². The van der Waals surface area contributed by atoms with Gasteiger partial charge in [-0.2, -0.15) is 4.68 Å². The van der Waals surface area contributed by atoms with E-state index < -0.39 is 5.76 Å². The summed E-state index contributed by atoms with van der Waals surface area (Å²) < 4.78 is 11.0. The maximum absolute atomic E-state index is 12.3. The smallest absolute Gasteiger partial charge is 0.437 e. The summed E-state index contributed by atoms with van der Waals surface area (Å²) >= 11 is 11.8. The first-order valence-electron chi connectivity index (χ1n) is 7.24. The van der Waals surface area contributed by atoms with Gasteiger partial charge in [-0.25, -0.2) is 4.79 Å². The summed E-state index contributed by atoms with van der Waals surface area (Å²) in [6.07, 6.45) is 1.44. The number of rotatable bonds is 5. The van der Waals surface area contributed by atoms with Crippen molar-refractivity contribution in [3.63, 3.8) is 0 Å². The SMILES string of the molecule is CN(Cc1ccc(Cl)c(Cl)c1)C(=O)Cn1nc(-c2ccco2)oc1=O. The molecule has 0 atom stereocenters. The Morgan fingerprint density at radius 2 is 2.08 bits per heavy atom. The van der Waals surface area contributed by atoms with Gasteiger partial charge in [0.15, 0.2) is 5.76 Å². The van der Waals surface area contributed by atoms with E-state index in [1.807, 2.05) is 0 Å². The van der Waals surface area contributed by atoms with Crippen LogP contribution >= 0.6 is 23.2 Å². The summed E-state index contributed by atoms with van der Waals surface area (Å²) in [6, 6.07) is 8.37. The summed E-state index contributed by atoms with van der Waals surface area (Å²) in [6.45, 7) is 0.0637. The average molecular weight is 382 g/mol. The Kier molecular flexibility index (Phi) is 4.96. The molecule has 0 aliphatic rings. The number of carbonyl (C=O) groups excluding carboxylic acids is 1. The first-order valence-corrected chi connectivity index (χ1v) is 7.99. The van der Waals surface area contributed by atoms with E-state index in [0.717, 1.165) is 10.2 Å². The van der Waals surface area contributed by atoms with Crippen LogP contribution in [0.15, 0.2) is 50.2 Å². The Balaban J connectivity index is 1.69. The van der Waals surface area contributed by atoms with Crippen LogP contribution in [0.2, 0.25) is 10.0 Å². The second-order valence-corrected chi connectivity index (χ2v) is 6.12. The topological polar surface area (TPSA) is 81.5 Å². The van der Waals surface area contributed by atoms with Gasteiger partial charge in [0, 0.05) is 13.6 Å². The summed E-state index contributed by atoms with van der Waals surface area (Å²) in [5.41, 5.74) is 0.814. The highest BCUT2D eigenvalue weighted by atomic mass is 35.5. The van der Waals surface area contributed by atoms with E-state index in [4.69, 9.17) is 32.0 Å². The Bertz CT molecular complexity index is 947. The quantitative estimate of drug-likeness (QED) is 0.678. The van der Waals surface area contributed by atoms with Gasteiger partial charge in [-0.05, 0) is 29.8 Å². The molecule has 3 rings (SSSR count). The molecule has 7 nitrogen and oxygen atoms in total. The zero-order valence-corrected chi connectivity index (χ0v) is 14.6. The molecule has 1 aromatic carbocycles. The molecule has 130 valence electrons. The highest BCUT2D eigenvalue weighted by Crippen LogP contribution is 2.23. The number of amides is 1. The minimum Gasteiger partial charge on any atom is -0.459 e. The number of benzene rings is 1. The van der Waals surface area contributed by atoms with Gasteiger partial charge in [-0.1, -0.05) is 29.3 Å². The molecule has 0 radical (unpaired) electrons. The normalized spacial score (nSPS) is 10.8. The number of likely N-dealkylation sites (N-methyl/N-ethyl adjacent to an activating group) is 1. The van der Waals surface area contributed by atoms with Crippen molar-refractivity contribution in [1.82, 2.24) is 14.7 Å². The van der Waals surface area contributed by atoms with Crippen LogP contribution in [-0.4, -0.2) is 27.6 Å². The number of furan rings is 1. The Hall–Kier alpha value is -2.51. The Morgan fingerprint density at radius 3 is 2.76 bits per heavy atom. The zero-order valence-electron chi connectivity index (χ0n) is 13.1. The number of hydrogen-bond acceptors (Lipinski definition) is 5. The molecule has 0 unspecified atom stereocenters. The van der Waals surface area contributed by atoms with Gasteiger partial charge in [-0.15, -0.1) is 5.10 Å². The van der Waals surface area contributed by atoms with Crippen LogP contribution in [0, 0.1) is 0 Å². The van der Waals surface area contributed by atoms with Crippen LogP contribution in [0.1, 0.15) is 5.56 Å². The van der Waals surface area contributed by atoms with Crippen molar-refractivity contribution in [3.8, 4) is 11.7 Å². The van der Waals surface area contributed by atoms with Gasteiger partial charge in [0.1, 0.15) is 6.54 Å². The fraction of sp³-hybridized carbons (Fsp3) is 0.188. The predicted molar refractivity (Wildman–Crippen MR) is 91.4 cm³/mol. The van der Waals surface area contributed by atoms with Gasteiger partial charge >= 0.3 is 5.76 Å². The predicted octanol–water partition coefficient (Wildman–Crippen LogP) is 3.06. The summed E-state index contributed by atoms with van der Waals surface area (Å²) in [5, 5.41) is 4.82. The second kappa shape index (κ2) is 7.16. The lowest BCUT2D eigenvalue weighted by atomic mass is 10.2. The maximum atomic E-state index is 12.3. The van der Waals surface area contributed by atoms with E-state index in [1.165, 1.54) is 11.2 Å². The van der Waals surface area contributed by atoms with Crippen molar-refractivity contribution in [3.05, 3.63) is 62.8 Å². The number of aromatic nitrogens is 2. The third-order valence-corrected chi connectivity index (χ3v) is 4.19. The third-order valence-electron chi connectivity index (χ3n) is 3.45. The summed E-state index contributed by atoms with van der Waals surface area (Å²) in [5.74, 6) is -0.711. The lowest BCUT2D eigenvalue weighted by molar-refractivity contribution is -0.131. The van der Waals surface area contributed by atoms with Crippen molar-refractivity contribution in [2.75, 3.05) is 7.05 Å². The van der Waals surface area contributed by atoms with Crippen LogP contribution in [-0.2, 0) is 17.9 Å². The van der Waals surface area contributed by atoms with E-state index in [2.05, 4.69) is 5.10 Å². The Labute approximate surface area is 152 Å². The molecule has 0 spiro atoms. The van der Waals surface area contributed by atoms with E-state index in [9.17, 15) is 9.59 Å². The second-order valence-electron chi connectivity index (χ2n) is 5.31. The van der Waals surface area contributed by atoms with Crippen LogP contribution in [0.25, 0.3) is 11.7 Å². The third kappa shape index (κ3) is 3.94. The van der Waals surface area contributed by atoms with Crippen molar-refractivity contribution >= 4 is 29.1 Å². The Morgan fingerprint density at radius 1 is 1.28 bits per heavy atom. The van der Waals surface area contributed by atoms with Crippen LogP contribution in [0.3, 0.4) is 0 Å². The highest BCUT2D eigenvalue weighted by molar-refractivity contribution is 6.42. The minimum atomic E-state index is -0.734. The highest BCUT2D eigenvalue weighted by Gasteiger charge is 2.17. The lowest BCUT2D eigenvalue weighted by Gasteiger charge is -2.17. The molecule has 0 aliphatic carbocycles. The summed E-state index contributed by atoms with van der Waals surface area (Å²) in [7, 11) is 1.61. The standard InChI is InChI=1S/C16H13Cl2N3O4/c1-20(8-10-4-5-11(17)12(18)7-10)14(22)9-21-16(23)25-15(19-21)13-3-2-6-24-13/h2-7H,8-9H2,1H3. The minimum absolute atomic E-state index is 0.0231. The van der Waals surface area contributed by atoms with Gasteiger partial charge < -0.3 is 13.7 Å². The van der Waals surface area contributed by atoms with Gasteiger partial charge in [0.2, 0.25) is 5.91 Å². The molecule has 0 saturated carbocycles. The molecular formula is C16H13Cl2N3O4. The molecule has 25 heavy (non-hydrogen) atoms. The number of carbonyl (C=O) groups is 1. The zero-order chi connectivity index (χ0) is 18.0. The molecule has 0 N–H and O–H groups in total. The number of halogens is 2. The fourth-order valence-corrected chi connectivity index (χ4v) is 2.48. The van der Waals surface area contributed by atoms with Crippen molar-refractivity contribution in [1.29, 1.82) is 0 Å². The maximum Gasteiger partial charge on any atom is 0.437 e. The molecule has 0 aliphatic heterocycles. The number of hydrogen-bond donors (Lipinski definition) is 0. The van der Waals surface area contributed by atoms with E-state index in [-0.39, 0.29) is 18.3 Å². The van der Waals surface area contributed by atoms with Gasteiger partial charge in [-0.3, -0.25) is 4.79 Å². The molecule has 1 amide bonds. The van der Waals surface area contributed by atoms with Gasteiger partial charge in [0.05, 0.1) is 16.3 Å². The van der Waals surface area contributed by atoms with E-state index in [0.29, 0.717) is 22.4 Å². The average Bonchev–Trinajstić information content (AvgIpc) is 3.21. The molecule has 0 fully saturated rings.